The Hall–Kier alpha value is -3.18. The summed E-state index contributed by atoms with van der Waals surface area (Å²) in [6.07, 6.45) is 4.51. The molecule has 0 spiro atoms. The van der Waals surface area contributed by atoms with Crippen molar-refractivity contribution in [2.75, 3.05) is 19.9 Å². The minimum Gasteiger partial charge on any atom is -0.478 e. The topological polar surface area (TPSA) is 126 Å². The van der Waals surface area contributed by atoms with E-state index in [1.54, 1.807) is 13.8 Å². The van der Waals surface area contributed by atoms with Gasteiger partial charge in [-0.3, -0.25) is 4.79 Å². The molecule has 0 aromatic rings. The van der Waals surface area contributed by atoms with Gasteiger partial charge in [0.1, 0.15) is 6.73 Å². The molecule has 0 fully saturated rings. The summed E-state index contributed by atoms with van der Waals surface area (Å²) in [5.74, 6) is -1.49. The Balaban J connectivity index is -0.000000152. The van der Waals surface area contributed by atoms with Crippen LogP contribution in [0.25, 0.3) is 0 Å². The van der Waals surface area contributed by atoms with Gasteiger partial charge in [0.25, 0.3) is 0 Å². The van der Waals surface area contributed by atoms with E-state index in [2.05, 4.69) is 43.3 Å². The molecule has 0 saturated carbocycles. The maximum Gasteiger partial charge on any atom is 0.330 e. The highest BCUT2D eigenvalue weighted by atomic mass is 16.5. The van der Waals surface area contributed by atoms with Gasteiger partial charge in [-0.1, -0.05) is 39.7 Å². The number of allylic oxidation sites excluding steroid dienone is 1. The minimum atomic E-state index is -0.935. The highest BCUT2D eigenvalue weighted by molar-refractivity contribution is 5.86. The van der Waals surface area contributed by atoms with Gasteiger partial charge in [-0.2, -0.15) is 5.26 Å². The highest BCUT2D eigenvalue weighted by Gasteiger charge is 1.91. The van der Waals surface area contributed by atoms with Gasteiger partial charge < -0.3 is 19.9 Å². The van der Waals surface area contributed by atoms with E-state index in [1.807, 2.05) is 6.07 Å². The van der Waals surface area contributed by atoms with Crippen molar-refractivity contribution < 1.29 is 29.0 Å². The molecule has 8 nitrogen and oxygen atoms in total. The van der Waals surface area contributed by atoms with Gasteiger partial charge in [-0.25, -0.2) is 9.59 Å². The summed E-state index contributed by atoms with van der Waals surface area (Å²) in [4.78, 5) is 30.2. The predicted molar refractivity (Wildman–Crippen MR) is 114 cm³/mol. The monoisotopic (exact) mass is 410 g/mol. The number of hydrogen-bond donors (Lipinski definition) is 2. The molecule has 0 radical (unpaired) electrons. The Morgan fingerprint density at radius 3 is 1.86 bits per heavy atom. The highest BCUT2D eigenvalue weighted by Crippen LogP contribution is 1.85. The molecule has 0 aromatic carbocycles. The van der Waals surface area contributed by atoms with Crippen molar-refractivity contribution in [3.05, 3.63) is 49.6 Å². The van der Waals surface area contributed by atoms with Crippen molar-refractivity contribution in [1.29, 1.82) is 5.26 Å². The van der Waals surface area contributed by atoms with E-state index in [9.17, 15) is 14.4 Å². The third-order valence-corrected chi connectivity index (χ3v) is 2.19. The van der Waals surface area contributed by atoms with Crippen LogP contribution in [-0.4, -0.2) is 42.9 Å². The summed E-state index contributed by atoms with van der Waals surface area (Å²) in [7, 11) is 0. The minimum absolute atomic E-state index is 0.176. The second-order valence-corrected chi connectivity index (χ2v) is 5.09. The lowest BCUT2D eigenvalue weighted by molar-refractivity contribution is -0.137. The van der Waals surface area contributed by atoms with E-state index in [0.717, 1.165) is 18.9 Å². The maximum absolute atomic E-state index is 10.5. The van der Waals surface area contributed by atoms with Crippen molar-refractivity contribution >= 4 is 17.8 Å². The number of carboxylic acids is 1. The molecule has 164 valence electrons. The third-order valence-electron chi connectivity index (χ3n) is 2.19. The van der Waals surface area contributed by atoms with Crippen LogP contribution >= 0.6 is 0 Å². The number of aliphatic carboxylic acids is 1. The molecular formula is C21H34N2O6. The predicted octanol–water partition coefficient (Wildman–Crippen LogP) is 3.53. The Morgan fingerprint density at radius 1 is 1.14 bits per heavy atom. The number of amides is 1. The molecule has 0 aliphatic heterocycles. The van der Waals surface area contributed by atoms with Crippen LogP contribution in [0.3, 0.4) is 0 Å². The lowest BCUT2D eigenvalue weighted by Gasteiger charge is -2.02. The Labute approximate surface area is 174 Å². The zero-order chi connectivity index (χ0) is 23.7. The number of rotatable bonds is 9. The number of carbonyl (C=O) groups excluding carboxylic acids is 2. The van der Waals surface area contributed by atoms with Crippen LogP contribution in [-0.2, 0) is 23.9 Å². The van der Waals surface area contributed by atoms with Crippen molar-refractivity contribution in [2.24, 2.45) is 0 Å². The maximum atomic E-state index is 10.5. The number of nitrogens with one attached hydrogen (secondary N) is 1. The molecule has 0 bridgehead atoms. The average molecular weight is 411 g/mol. The molecule has 0 unspecified atom stereocenters. The van der Waals surface area contributed by atoms with Gasteiger partial charge in [0, 0.05) is 23.8 Å². The van der Waals surface area contributed by atoms with Gasteiger partial charge in [0.05, 0.1) is 12.7 Å². The smallest absolute Gasteiger partial charge is 0.330 e. The molecule has 0 rings (SSSR count). The molecular weight excluding hydrogens is 376 g/mol. The third kappa shape index (κ3) is 45.7. The normalized spacial score (nSPS) is 7.83. The van der Waals surface area contributed by atoms with Crippen LogP contribution in [0.15, 0.2) is 49.6 Å². The number of ether oxygens (including phenoxy) is 2. The molecule has 2 N–H and O–H groups in total. The number of esters is 1. The largest absolute Gasteiger partial charge is 0.478 e. The molecule has 0 aromatic heterocycles. The van der Waals surface area contributed by atoms with E-state index in [-0.39, 0.29) is 24.2 Å². The van der Waals surface area contributed by atoms with Gasteiger partial charge in [0.2, 0.25) is 5.91 Å². The average Bonchev–Trinajstić information content (AvgIpc) is 2.69. The first-order valence-electron chi connectivity index (χ1n) is 8.75. The van der Waals surface area contributed by atoms with E-state index < -0.39 is 5.97 Å². The van der Waals surface area contributed by atoms with E-state index in [4.69, 9.17) is 15.1 Å². The van der Waals surface area contributed by atoms with Crippen LogP contribution < -0.4 is 5.32 Å². The first kappa shape index (κ1) is 33.4. The van der Waals surface area contributed by atoms with Gasteiger partial charge in [-0.15, -0.1) is 0 Å². The lowest BCUT2D eigenvalue weighted by Crippen LogP contribution is -2.23. The molecule has 0 aliphatic rings. The summed E-state index contributed by atoms with van der Waals surface area (Å²) in [5, 5.41) is 18.2. The molecule has 0 aliphatic carbocycles. The standard InChI is InChI=1S/C8H15NO2.C5H8O2.C4H5N.C4H6O2/c1-3-5-6-11-7-9-8(10)4-2;1-3-5(6)7-4-2;1-4(2)3-5;1-3(2)4(5)6/h4H,2-3,5-7H2,1H3,(H,9,10);3H,1,4H2,2H3;1H2,2H3;1H2,2H3,(H,5,6). The van der Waals surface area contributed by atoms with Crippen LogP contribution in [0, 0.1) is 11.3 Å². The van der Waals surface area contributed by atoms with Crippen LogP contribution in [0.5, 0.6) is 0 Å². The zero-order valence-corrected chi connectivity index (χ0v) is 18.0. The number of nitriles is 1. The van der Waals surface area contributed by atoms with E-state index >= 15 is 0 Å². The molecule has 29 heavy (non-hydrogen) atoms. The van der Waals surface area contributed by atoms with Crippen LogP contribution in [0.1, 0.15) is 40.5 Å². The van der Waals surface area contributed by atoms with Gasteiger partial charge in [-0.05, 0) is 33.3 Å². The first-order chi connectivity index (χ1) is 13.5. The quantitative estimate of drug-likeness (QED) is 0.196. The van der Waals surface area contributed by atoms with Crippen LogP contribution in [0.4, 0.5) is 0 Å². The van der Waals surface area contributed by atoms with E-state index in [1.165, 1.54) is 13.0 Å². The second kappa shape index (κ2) is 27.0. The van der Waals surface area contributed by atoms with Gasteiger partial charge >= 0.3 is 11.9 Å². The van der Waals surface area contributed by atoms with Crippen molar-refractivity contribution in [3.8, 4) is 6.07 Å². The summed E-state index contributed by atoms with van der Waals surface area (Å²) in [6.45, 7) is 21.3. The number of carboxylic acid groups (broad SMARTS) is 1. The number of hydrogen-bond acceptors (Lipinski definition) is 6. The molecule has 0 saturated heterocycles. The van der Waals surface area contributed by atoms with E-state index in [0.29, 0.717) is 18.8 Å². The summed E-state index contributed by atoms with van der Waals surface area (Å²) >= 11 is 0. The number of nitrogens with zero attached hydrogens (tertiary/aromatic N) is 1. The fraction of sp³-hybridized carbons (Fsp3) is 0.429. The Morgan fingerprint density at radius 2 is 1.62 bits per heavy atom. The SMILES string of the molecule is C=C(C)C#N.C=C(C)C(=O)O.C=CC(=O)NCOCCCC.C=CC(=O)OCC. The molecule has 0 heterocycles. The van der Waals surface area contributed by atoms with Crippen LogP contribution in [0.2, 0.25) is 0 Å². The van der Waals surface area contributed by atoms with Gasteiger partial charge in [0.15, 0.2) is 0 Å². The zero-order valence-electron chi connectivity index (χ0n) is 18.0. The van der Waals surface area contributed by atoms with Crippen molar-refractivity contribution in [1.82, 2.24) is 5.32 Å². The van der Waals surface area contributed by atoms with Crippen molar-refractivity contribution in [3.63, 3.8) is 0 Å². The fourth-order valence-corrected chi connectivity index (χ4v) is 0.714. The Kier molecular flexibility index (Phi) is 31.2. The van der Waals surface area contributed by atoms with Crippen molar-refractivity contribution in [2.45, 2.75) is 40.5 Å². The lowest BCUT2D eigenvalue weighted by atomic mass is 10.4. The summed E-state index contributed by atoms with van der Waals surface area (Å²) in [6, 6.07) is 1.83. The molecule has 1 amide bonds. The molecule has 8 heteroatoms. The molecule has 0 atom stereocenters. The number of carbonyl (C=O) groups is 3. The first-order valence-corrected chi connectivity index (χ1v) is 8.75. The number of unbranched alkanes of at least 4 members (excludes halogenated alkanes) is 1. The fourth-order valence-electron chi connectivity index (χ4n) is 0.714. The second-order valence-electron chi connectivity index (χ2n) is 5.09. The summed E-state index contributed by atoms with van der Waals surface area (Å²) < 4.78 is 9.50. The summed E-state index contributed by atoms with van der Waals surface area (Å²) in [5.41, 5.74) is 0.736. The Bertz CT molecular complexity index is 550.